The highest BCUT2D eigenvalue weighted by molar-refractivity contribution is 7.09. The van der Waals surface area contributed by atoms with E-state index in [1.54, 1.807) is 6.92 Å². The number of carbonyl (C=O) groups is 1. The van der Waals surface area contributed by atoms with Crippen LogP contribution in [0.4, 0.5) is 10.2 Å². The van der Waals surface area contributed by atoms with Crippen molar-refractivity contribution in [1.82, 2.24) is 15.3 Å². The van der Waals surface area contributed by atoms with Crippen LogP contribution in [0.15, 0.2) is 17.6 Å². The summed E-state index contributed by atoms with van der Waals surface area (Å²) >= 11 is 1.45. The summed E-state index contributed by atoms with van der Waals surface area (Å²) in [5, 5.41) is 5.34. The first-order valence-electron chi connectivity index (χ1n) is 5.62. The standard InChI is InChI=1S/C12H13FN4OS/c1-6-5-19-12(16-6)7(2)17-11(18)8-3-4-15-10(14)9(8)13/h3-5,7H,1-2H3,(H2,14,15)(H,17,18). The average molecular weight is 280 g/mol. The minimum absolute atomic E-state index is 0.118. The Morgan fingerprint density at radius 3 is 2.95 bits per heavy atom. The summed E-state index contributed by atoms with van der Waals surface area (Å²) < 4.78 is 13.6. The molecule has 0 aliphatic carbocycles. The lowest BCUT2D eigenvalue weighted by atomic mass is 10.2. The second kappa shape index (κ2) is 5.31. The number of rotatable bonds is 3. The third-order valence-corrected chi connectivity index (χ3v) is 3.66. The number of aromatic nitrogens is 2. The second-order valence-electron chi connectivity index (χ2n) is 4.08. The SMILES string of the molecule is Cc1csc(C(C)NC(=O)c2ccnc(N)c2F)n1. The number of aryl methyl sites for hydroxylation is 1. The van der Waals surface area contributed by atoms with Crippen LogP contribution in [-0.4, -0.2) is 15.9 Å². The van der Waals surface area contributed by atoms with Crippen LogP contribution >= 0.6 is 11.3 Å². The highest BCUT2D eigenvalue weighted by Gasteiger charge is 2.18. The Labute approximate surface area is 113 Å². The summed E-state index contributed by atoms with van der Waals surface area (Å²) in [6.45, 7) is 3.66. The van der Waals surface area contributed by atoms with Gasteiger partial charge in [0.1, 0.15) is 5.01 Å². The van der Waals surface area contributed by atoms with Gasteiger partial charge in [-0.05, 0) is 19.9 Å². The smallest absolute Gasteiger partial charge is 0.255 e. The molecule has 0 aromatic carbocycles. The van der Waals surface area contributed by atoms with Crippen molar-refractivity contribution in [2.45, 2.75) is 19.9 Å². The van der Waals surface area contributed by atoms with Gasteiger partial charge in [-0.15, -0.1) is 11.3 Å². The first kappa shape index (κ1) is 13.4. The third kappa shape index (κ3) is 2.87. The number of thiazole rings is 1. The number of hydrogen-bond acceptors (Lipinski definition) is 5. The van der Waals surface area contributed by atoms with Gasteiger partial charge in [-0.1, -0.05) is 0 Å². The summed E-state index contributed by atoms with van der Waals surface area (Å²) in [5.74, 6) is -1.63. The monoisotopic (exact) mass is 280 g/mol. The molecule has 0 saturated heterocycles. The van der Waals surface area contributed by atoms with Gasteiger partial charge in [-0.3, -0.25) is 4.79 Å². The van der Waals surface area contributed by atoms with Gasteiger partial charge in [0.05, 0.1) is 11.6 Å². The zero-order valence-electron chi connectivity index (χ0n) is 10.5. The Morgan fingerprint density at radius 2 is 2.32 bits per heavy atom. The number of nitrogens with two attached hydrogens (primary N) is 1. The zero-order valence-corrected chi connectivity index (χ0v) is 11.3. The maximum absolute atomic E-state index is 13.6. The largest absolute Gasteiger partial charge is 0.381 e. The quantitative estimate of drug-likeness (QED) is 0.901. The Balaban J connectivity index is 2.15. The van der Waals surface area contributed by atoms with E-state index in [1.807, 2.05) is 12.3 Å². The highest BCUT2D eigenvalue weighted by atomic mass is 32.1. The van der Waals surface area contributed by atoms with E-state index < -0.39 is 11.7 Å². The fourth-order valence-electron chi connectivity index (χ4n) is 1.54. The molecule has 2 aromatic heterocycles. The molecule has 0 aliphatic rings. The lowest BCUT2D eigenvalue weighted by Gasteiger charge is -2.12. The van der Waals surface area contributed by atoms with E-state index >= 15 is 0 Å². The predicted molar refractivity (Wildman–Crippen MR) is 71.3 cm³/mol. The van der Waals surface area contributed by atoms with E-state index in [9.17, 15) is 9.18 Å². The molecule has 1 amide bonds. The second-order valence-corrected chi connectivity index (χ2v) is 4.97. The lowest BCUT2D eigenvalue weighted by Crippen LogP contribution is -2.27. The van der Waals surface area contributed by atoms with Gasteiger partial charge in [0.15, 0.2) is 11.6 Å². The van der Waals surface area contributed by atoms with E-state index in [0.717, 1.165) is 10.7 Å². The van der Waals surface area contributed by atoms with Crippen molar-refractivity contribution in [2.75, 3.05) is 5.73 Å². The molecule has 7 heteroatoms. The molecular formula is C12H13FN4OS. The fourth-order valence-corrected chi connectivity index (χ4v) is 2.35. The molecule has 1 unspecified atom stereocenters. The molecule has 100 valence electrons. The normalized spacial score (nSPS) is 12.2. The number of pyridine rings is 1. The average Bonchev–Trinajstić information content (AvgIpc) is 2.79. The first-order valence-corrected chi connectivity index (χ1v) is 6.50. The predicted octanol–water partition coefficient (Wildman–Crippen LogP) is 2.06. The van der Waals surface area contributed by atoms with Crippen LogP contribution in [0.25, 0.3) is 0 Å². The van der Waals surface area contributed by atoms with Crippen molar-refractivity contribution in [3.63, 3.8) is 0 Å². The van der Waals surface area contributed by atoms with Crippen molar-refractivity contribution in [3.8, 4) is 0 Å². The molecule has 0 aliphatic heterocycles. The van der Waals surface area contributed by atoms with Crippen molar-refractivity contribution >= 4 is 23.1 Å². The summed E-state index contributed by atoms with van der Waals surface area (Å²) in [6.07, 6.45) is 1.30. The van der Waals surface area contributed by atoms with E-state index in [0.29, 0.717) is 0 Å². The molecule has 0 bridgehead atoms. The van der Waals surface area contributed by atoms with Crippen LogP contribution in [0.3, 0.4) is 0 Å². The number of halogens is 1. The van der Waals surface area contributed by atoms with Gasteiger partial charge in [-0.25, -0.2) is 14.4 Å². The molecule has 0 radical (unpaired) electrons. The van der Waals surface area contributed by atoms with E-state index in [-0.39, 0.29) is 17.4 Å². The molecule has 2 rings (SSSR count). The Kier molecular flexibility index (Phi) is 3.75. The number of nitrogens with zero attached hydrogens (tertiary/aromatic N) is 2. The van der Waals surface area contributed by atoms with Crippen LogP contribution in [-0.2, 0) is 0 Å². The number of hydrogen-bond donors (Lipinski definition) is 2. The summed E-state index contributed by atoms with van der Waals surface area (Å²) in [6, 6.07) is 1.00. The van der Waals surface area contributed by atoms with Crippen LogP contribution in [0.2, 0.25) is 0 Å². The summed E-state index contributed by atoms with van der Waals surface area (Å²) in [7, 11) is 0. The van der Waals surface area contributed by atoms with Crippen LogP contribution in [0, 0.1) is 12.7 Å². The lowest BCUT2D eigenvalue weighted by molar-refractivity contribution is 0.0935. The Morgan fingerprint density at radius 1 is 1.58 bits per heavy atom. The van der Waals surface area contributed by atoms with Crippen LogP contribution in [0.1, 0.15) is 34.0 Å². The Bertz CT molecular complexity index is 614. The zero-order chi connectivity index (χ0) is 14.0. The molecule has 0 spiro atoms. The van der Waals surface area contributed by atoms with Gasteiger partial charge < -0.3 is 11.1 Å². The summed E-state index contributed by atoms with van der Waals surface area (Å²) in [4.78, 5) is 19.8. The van der Waals surface area contributed by atoms with E-state index in [1.165, 1.54) is 23.6 Å². The molecule has 2 heterocycles. The molecule has 1 atom stereocenters. The van der Waals surface area contributed by atoms with Crippen molar-refractivity contribution in [2.24, 2.45) is 0 Å². The molecule has 19 heavy (non-hydrogen) atoms. The minimum Gasteiger partial charge on any atom is -0.381 e. The van der Waals surface area contributed by atoms with Gasteiger partial charge >= 0.3 is 0 Å². The van der Waals surface area contributed by atoms with E-state index in [2.05, 4.69) is 15.3 Å². The Hall–Kier alpha value is -2.02. The summed E-state index contributed by atoms with van der Waals surface area (Å²) in [5.41, 5.74) is 6.10. The maximum Gasteiger partial charge on any atom is 0.255 e. The topological polar surface area (TPSA) is 80.9 Å². The molecule has 0 fully saturated rings. The third-order valence-electron chi connectivity index (χ3n) is 2.52. The molecule has 2 aromatic rings. The molecule has 0 saturated carbocycles. The van der Waals surface area contributed by atoms with Gasteiger partial charge in [0.2, 0.25) is 0 Å². The molecule has 5 nitrogen and oxygen atoms in total. The number of amides is 1. The van der Waals surface area contributed by atoms with E-state index in [4.69, 9.17) is 5.73 Å². The van der Waals surface area contributed by atoms with Crippen molar-refractivity contribution in [1.29, 1.82) is 0 Å². The number of carbonyl (C=O) groups excluding carboxylic acids is 1. The molecule has 3 N–H and O–H groups in total. The first-order chi connectivity index (χ1) is 8.99. The fraction of sp³-hybridized carbons (Fsp3) is 0.250. The van der Waals surface area contributed by atoms with Crippen LogP contribution in [0.5, 0.6) is 0 Å². The number of nitrogens with one attached hydrogen (secondary N) is 1. The van der Waals surface area contributed by atoms with Crippen molar-refractivity contribution < 1.29 is 9.18 Å². The molecular weight excluding hydrogens is 267 g/mol. The van der Waals surface area contributed by atoms with Gasteiger partial charge in [0.25, 0.3) is 5.91 Å². The van der Waals surface area contributed by atoms with Crippen molar-refractivity contribution in [3.05, 3.63) is 39.7 Å². The highest BCUT2D eigenvalue weighted by Crippen LogP contribution is 2.19. The minimum atomic E-state index is -0.803. The number of anilines is 1. The van der Waals surface area contributed by atoms with Gasteiger partial charge in [0, 0.05) is 17.3 Å². The maximum atomic E-state index is 13.6. The van der Waals surface area contributed by atoms with Gasteiger partial charge in [-0.2, -0.15) is 0 Å². The number of nitrogen functional groups attached to an aromatic ring is 1. The van der Waals surface area contributed by atoms with Crippen LogP contribution < -0.4 is 11.1 Å².